The van der Waals surface area contributed by atoms with E-state index < -0.39 is 0 Å². The molecular formula is C23H29N5. The van der Waals surface area contributed by atoms with Gasteiger partial charge in [-0.1, -0.05) is 34.6 Å². The highest BCUT2D eigenvalue weighted by Gasteiger charge is 2.25. The fraction of sp³-hybridized carbons (Fsp3) is 0.391. The van der Waals surface area contributed by atoms with Gasteiger partial charge in [-0.05, 0) is 30.3 Å². The monoisotopic (exact) mass is 375 g/mol. The molecule has 0 aliphatic rings. The topological polar surface area (TPSA) is 72.5 Å². The summed E-state index contributed by atoms with van der Waals surface area (Å²) in [5, 5.41) is 1.19. The Morgan fingerprint density at radius 2 is 1.82 bits per heavy atom. The van der Waals surface area contributed by atoms with Crippen molar-refractivity contribution in [2.45, 2.75) is 51.9 Å². The first-order chi connectivity index (χ1) is 13.0. The first-order valence-corrected chi connectivity index (χ1v) is 9.75. The average Bonchev–Trinajstić information content (AvgIpc) is 3.16. The lowest BCUT2D eigenvalue weighted by Crippen LogP contribution is -2.21. The van der Waals surface area contributed by atoms with E-state index in [0.717, 1.165) is 28.8 Å². The number of aryl methyl sites for hydroxylation is 1. The molecule has 0 fully saturated rings. The predicted molar refractivity (Wildman–Crippen MR) is 117 cm³/mol. The minimum Gasteiger partial charge on any atom is -0.384 e. The number of H-pyrrole nitrogens is 1. The molecule has 0 amide bonds. The van der Waals surface area contributed by atoms with Gasteiger partial charge in [0.2, 0.25) is 0 Å². The summed E-state index contributed by atoms with van der Waals surface area (Å²) in [5.74, 6) is 0.543. The highest BCUT2D eigenvalue weighted by atomic mass is 15.0. The van der Waals surface area contributed by atoms with Crippen molar-refractivity contribution < 1.29 is 0 Å². The molecule has 4 rings (SSSR count). The van der Waals surface area contributed by atoms with Crippen LogP contribution in [-0.4, -0.2) is 19.5 Å². The number of nitrogens with zero attached hydrogens (tertiary/aromatic N) is 3. The fourth-order valence-electron chi connectivity index (χ4n) is 4.03. The molecule has 0 unspecified atom stereocenters. The Morgan fingerprint density at radius 3 is 2.54 bits per heavy atom. The summed E-state index contributed by atoms with van der Waals surface area (Å²) < 4.78 is 2.29. The van der Waals surface area contributed by atoms with Gasteiger partial charge in [0.15, 0.2) is 0 Å². The predicted octanol–water partition coefficient (Wildman–Crippen LogP) is 4.85. The standard InChI is InChI=1S/C23H29N5/c1-22(2,3)20-9-14-13-25-15(10-18(14)28(20)6)12-23(4,5)19-11-17-16(26-19)7-8-21(24)27-17/h7-11,13,26H,12H2,1-6H3,(H2,24,27). The molecule has 0 atom stereocenters. The van der Waals surface area contributed by atoms with E-state index in [-0.39, 0.29) is 10.8 Å². The van der Waals surface area contributed by atoms with Gasteiger partial charge in [-0.3, -0.25) is 4.98 Å². The summed E-state index contributed by atoms with van der Waals surface area (Å²) in [5.41, 5.74) is 12.5. The molecule has 4 aromatic heterocycles. The number of pyridine rings is 2. The molecule has 0 saturated heterocycles. The van der Waals surface area contributed by atoms with Crippen LogP contribution in [0.4, 0.5) is 5.82 Å². The number of nitrogen functional groups attached to an aromatic ring is 1. The number of aromatic nitrogens is 4. The Kier molecular flexibility index (Phi) is 4.03. The zero-order valence-corrected chi connectivity index (χ0v) is 17.6. The van der Waals surface area contributed by atoms with Crippen LogP contribution in [-0.2, 0) is 24.3 Å². The van der Waals surface area contributed by atoms with Gasteiger partial charge < -0.3 is 15.3 Å². The van der Waals surface area contributed by atoms with Gasteiger partial charge in [0.1, 0.15) is 5.82 Å². The molecule has 146 valence electrons. The quantitative estimate of drug-likeness (QED) is 0.538. The first kappa shape index (κ1) is 18.5. The molecule has 0 radical (unpaired) electrons. The van der Waals surface area contributed by atoms with Crippen molar-refractivity contribution in [2.24, 2.45) is 7.05 Å². The van der Waals surface area contributed by atoms with Crippen molar-refractivity contribution in [2.75, 3.05) is 5.73 Å². The van der Waals surface area contributed by atoms with Crippen LogP contribution in [0.25, 0.3) is 21.9 Å². The molecule has 0 spiro atoms. The van der Waals surface area contributed by atoms with Crippen LogP contribution in [0.5, 0.6) is 0 Å². The third kappa shape index (κ3) is 3.15. The van der Waals surface area contributed by atoms with Crippen LogP contribution in [0.2, 0.25) is 0 Å². The highest BCUT2D eigenvalue weighted by molar-refractivity contribution is 5.81. The maximum Gasteiger partial charge on any atom is 0.124 e. The van der Waals surface area contributed by atoms with Gasteiger partial charge in [-0.2, -0.15) is 0 Å². The zero-order chi connectivity index (χ0) is 20.3. The van der Waals surface area contributed by atoms with E-state index in [1.165, 1.54) is 16.6 Å². The Labute approximate surface area is 166 Å². The number of anilines is 1. The Bertz CT molecular complexity index is 1170. The molecule has 0 aliphatic carbocycles. The lowest BCUT2D eigenvalue weighted by atomic mass is 9.84. The summed E-state index contributed by atoms with van der Waals surface area (Å²) in [7, 11) is 2.14. The van der Waals surface area contributed by atoms with Crippen molar-refractivity contribution in [3.05, 3.63) is 53.6 Å². The Hall–Kier alpha value is -2.82. The van der Waals surface area contributed by atoms with Crippen LogP contribution in [0.15, 0.2) is 36.5 Å². The number of nitrogens with one attached hydrogen (secondary N) is 1. The summed E-state index contributed by atoms with van der Waals surface area (Å²) in [6.07, 6.45) is 2.84. The van der Waals surface area contributed by atoms with E-state index in [0.29, 0.717) is 5.82 Å². The molecule has 4 heterocycles. The molecule has 3 N–H and O–H groups in total. The van der Waals surface area contributed by atoms with Gasteiger partial charge >= 0.3 is 0 Å². The molecule has 4 aromatic rings. The summed E-state index contributed by atoms with van der Waals surface area (Å²) >= 11 is 0. The molecule has 5 heteroatoms. The fourth-order valence-corrected chi connectivity index (χ4v) is 4.03. The van der Waals surface area contributed by atoms with E-state index in [4.69, 9.17) is 10.7 Å². The van der Waals surface area contributed by atoms with Crippen LogP contribution >= 0.6 is 0 Å². The van der Waals surface area contributed by atoms with E-state index >= 15 is 0 Å². The summed E-state index contributed by atoms with van der Waals surface area (Å²) in [6.45, 7) is 11.2. The van der Waals surface area contributed by atoms with Gasteiger partial charge in [0, 0.05) is 53.0 Å². The molecule has 0 aromatic carbocycles. The van der Waals surface area contributed by atoms with Crippen molar-refractivity contribution in [1.29, 1.82) is 0 Å². The summed E-state index contributed by atoms with van der Waals surface area (Å²) in [6, 6.07) is 10.4. The minimum absolute atomic E-state index is 0.103. The largest absolute Gasteiger partial charge is 0.384 e. The van der Waals surface area contributed by atoms with E-state index in [2.05, 4.69) is 74.4 Å². The molecule has 0 aliphatic heterocycles. The average molecular weight is 376 g/mol. The normalized spacial score (nSPS) is 12.9. The van der Waals surface area contributed by atoms with Crippen LogP contribution in [0.3, 0.4) is 0 Å². The number of hydrogen-bond donors (Lipinski definition) is 2. The number of hydrogen-bond acceptors (Lipinski definition) is 3. The Morgan fingerprint density at radius 1 is 1.07 bits per heavy atom. The first-order valence-electron chi connectivity index (χ1n) is 9.75. The third-order valence-electron chi connectivity index (χ3n) is 5.60. The molecular weight excluding hydrogens is 346 g/mol. The SMILES string of the molecule is Cn1c(C(C)(C)C)cc2cnc(CC(C)(C)c3cc4nc(N)ccc4[nH]3)cc21. The van der Waals surface area contributed by atoms with Gasteiger partial charge in [-0.25, -0.2) is 4.98 Å². The van der Waals surface area contributed by atoms with E-state index in [9.17, 15) is 0 Å². The second-order valence-electron chi connectivity index (χ2n) is 9.49. The Balaban J connectivity index is 1.70. The molecule has 0 saturated carbocycles. The maximum absolute atomic E-state index is 5.83. The smallest absolute Gasteiger partial charge is 0.124 e. The van der Waals surface area contributed by atoms with Crippen LogP contribution in [0, 0.1) is 0 Å². The van der Waals surface area contributed by atoms with E-state index in [1.54, 1.807) is 0 Å². The lowest BCUT2D eigenvalue weighted by Gasteiger charge is -2.23. The number of nitrogens with two attached hydrogens (primary N) is 1. The third-order valence-corrected chi connectivity index (χ3v) is 5.60. The number of rotatable bonds is 3. The second kappa shape index (κ2) is 6.09. The number of fused-ring (bicyclic) bond motifs is 2. The van der Waals surface area contributed by atoms with Crippen molar-refractivity contribution in [1.82, 2.24) is 19.5 Å². The van der Waals surface area contributed by atoms with Gasteiger partial charge in [0.05, 0.1) is 16.6 Å². The van der Waals surface area contributed by atoms with Crippen molar-refractivity contribution in [3.63, 3.8) is 0 Å². The number of aromatic amines is 1. The molecule has 5 nitrogen and oxygen atoms in total. The van der Waals surface area contributed by atoms with Crippen LogP contribution < -0.4 is 5.73 Å². The van der Waals surface area contributed by atoms with Gasteiger partial charge in [0.25, 0.3) is 0 Å². The zero-order valence-electron chi connectivity index (χ0n) is 17.6. The molecule has 0 bridgehead atoms. The van der Waals surface area contributed by atoms with E-state index in [1.807, 2.05) is 18.3 Å². The van der Waals surface area contributed by atoms with Crippen molar-refractivity contribution in [3.8, 4) is 0 Å². The second-order valence-corrected chi connectivity index (χ2v) is 9.49. The lowest BCUT2D eigenvalue weighted by molar-refractivity contribution is 0.503. The molecule has 28 heavy (non-hydrogen) atoms. The summed E-state index contributed by atoms with van der Waals surface area (Å²) in [4.78, 5) is 12.7. The maximum atomic E-state index is 5.83. The van der Waals surface area contributed by atoms with Crippen molar-refractivity contribution >= 4 is 27.8 Å². The minimum atomic E-state index is -0.103. The van der Waals surface area contributed by atoms with Gasteiger partial charge in [-0.15, -0.1) is 0 Å². The highest BCUT2D eigenvalue weighted by Crippen LogP contribution is 2.32. The van der Waals surface area contributed by atoms with Crippen LogP contribution in [0.1, 0.15) is 51.7 Å².